The normalized spacial score (nSPS) is 22.8. The third-order valence-corrected chi connectivity index (χ3v) is 6.28. The minimum absolute atomic E-state index is 0.163. The number of rotatable bonds is 5. The van der Waals surface area contributed by atoms with Crippen LogP contribution in [0.15, 0.2) is 40.9 Å². The molecule has 2 aliphatic heterocycles. The van der Waals surface area contributed by atoms with Crippen LogP contribution in [-0.4, -0.2) is 36.5 Å². The van der Waals surface area contributed by atoms with Gasteiger partial charge in [0, 0.05) is 23.0 Å². The van der Waals surface area contributed by atoms with E-state index >= 15 is 0 Å². The van der Waals surface area contributed by atoms with Gasteiger partial charge in [0.25, 0.3) is 0 Å². The molecule has 5 nitrogen and oxygen atoms in total. The molecule has 1 saturated heterocycles. The number of benzene rings is 2. The Morgan fingerprint density at radius 1 is 1.21 bits per heavy atom. The lowest BCUT2D eigenvalue weighted by atomic mass is 9.90. The molecule has 4 rings (SSSR count). The number of methoxy groups -OCH3 is 2. The van der Waals surface area contributed by atoms with Gasteiger partial charge in [0.1, 0.15) is 5.75 Å². The summed E-state index contributed by atoms with van der Waals surface area (Å²) >= 11 is 9.24. The Hall–Kier alpha value is -1.99. The second-order valence-electron chi connectivity index (χ2n) is 7.26. The molecule has 2 aliphatic rings. The Labute approximate surface area is 179 Å². The molecule has 148 valence electrons. The highest BCUT2D eigenvalue weighted by Crippen LogP contribution is 2.44. The molecule has 0 aromatic heterocycles. The molecule has 0 spiro atoms. The largest absolute Gasteiger partial charge is 0.493 e. The van der Waals surface area contributed by atoms with Gasteiger partial charge in [-0.15, -0.1) is 0 Å². The van der Waals surface area contributed by atoms with Crippen molar-refractivity contribution in [3.63, 3.8) is 0 Å². The van der Waals surface area contributed by atoms with E-state index in [9.17, 15) is 0 Å². The molecule has 0 radical (unpaired) electrons. The molecule has 0 saturated carbocycles. The number of fused-ring (bicyclic) bond motifs is 4. The van der Waals surface area contributed by atoms with Crippen LogP contribution in [0.1, 0.15) is 30.5 Å². The molecule has 2 aromatic rings. The van der Waals surface area contributed by atoms with Crippen molar-refractivity contribution in [1.82, 2.24) is 10.2 Å². The van der Waals surface area contributed by atoms with Crippen LogP contribution in [-0.2, 0) is 6.42 Å². The summed E-state index contributed by atoms with van der Waals surface area (Å²) in [5.74, 6) is 2.38. The Kier molecular flexibility index (Phi) is 5.14. The molecule has 28 heavy (non-hydrogen) atoms. The van der Waals surface area contributed by atoms with Crippen molar-refractivity contribution in [2.45, 2.75) is 31.5 Å². The lowest BCUT2D eigenvalue weighted by Crippen LogP contribution is -2.64. The number of ether oxygens (including phenoxy) is 3. The van der Waals surface area contributed by atoms with Crippen LogP contribution in [0.5, 0.6) is 17.2 Å². The molecule has 0 aliphatic carbocycles. The minimum Gasteiger partial charge on any atom is -0.493 e. The smallest absolute Gasteiger partial charge is 0.184 e. The molecular formula is C21H23BrN2O3S. The maximum atomic E-state index is 6.43. The fourth-order valence-electron chi connectivity index (χ4n) is 4.00. The lowest BCUT2D eigenvalue weighted by molar-refractivity contribution is -0.0676. The van der Waals surface area contributed by atoms with E-state index in [1.807, 2.05) is 24.3 Å². The van der Waals surface area contributed by atoms with E-state index in [2.05, 4.69) is 45.2 Å². The zero-order chi connectivity index (χ0) is 19.9. The molecule has 0 amide bonds. The van der Waals surface area contributed by atoms with Gasteiger partial charge in [-0.05, 0) is 61.5 Å². The predicted molar refractivity (Wildman–Crippen MR) is 116 cm³/mol. The monoisotopic (exact) mass is 462 g/mol. The highest BCUT2D eigenvalue weighted by atomic mass is 79.9. The first kappa shape index (κ1) is 19.3. The number of hydrogen-bond acceptors (Lipinski definition) is 4. The average molecular weight is 463 g/mol. The van der Waals surface area contributed by atoms with Crippen molar-refractivity contribution >= 4 is 33.3 Å². The Bertz CT molecular complexity index is 923. The fraction of sp³-hybridized carbons (Fsp3) is 0.381. The Morgan fingerprint density at radius 2 is 2.00 bits per heavy atom. The number of thiocarbonyl (C=S) groups is 1. The molecule has 2 bridgehead atoms. The van der Waals surface area contributed by atoms with Gasteiger partial charge in [-0.3, -0.25) is 0 Å². The first-order chi connectivity index (χ1) is 13.4. The molecule has 7 heteroatoms. The van der Waals surface area contributed by atoms with Crippen LogP contribution in [0.3, 0.4) is 0 Å². The lowest BCUT2D eigenvalue weighted by Gasteiger charge is -2.52. The molecule has 2 atom stereocenters. The quantitative estimate of drug-likeness (QED) is 0.662. The van der Waals surface area contributed by atoms with Crippen molar-refractivity contribution < 1.29 is 14.2 Å². The predicted octanol–water partition coefficient (Wildman–Crippen LogP) is 4.44. The van der Waals surface area contributed by atoms with Crippen LogP contribution < -0.4 is 19.5 Å². The van der Waals surface area contributed by atoms with Crippen LogP contribution in [0.4, 0.5) is 0 Å². The van der Waals surface area contributed by atoms with E-state index in [4.69, 9.17) is 26.4 Å². The third kappa shape index (κ3) is 3.42. The Morgan fingerprint density at radius 3 is 2.75 bits per heavy atom. The summed E-state index contributed by atoms with van der Waals surface area (Å²) in [6, 6.07) is 12.3. The molecule has 2 unspecified atom stereocenters. The summed E-state index contributed by atoms with van der Waals surface area (Å²) in [6.45, 7) is 2.86. The summed E-state index contributed by atoms with van der Waals surface area (Å²) in [5, 5.41) is 4.22. The zero-order valence-corrected chi connectivity index (χ0v) is 18.5. The first-order valence-corrected chi connectivity index (χ1v) is 10.4. The van der Waals surface area contributed by atoms with Gasteiger partial charge in [0.05, 0.1) is 20.3 Å². The number of halogens is 1. The van der Waals surface area contributed by atoms with Crippen LogP contribution in [0.2, 0.25) is 0 Å². The van der Waals surface area contributed by atoms with Crippen molar-refractivity contribution in [1.29, 1.82) is 0 Å². The summed E-state index contributed by atoms with van der Waals surface area (Å²) in [6.07, 6.45) is 1.65. The first-order valence-electron chi connectivity index (χ1n) is 9.21. The highest BCUT2D eigenvalue weighted by Gasteiger charge is 2.47. The standard InChI is InChI=1S/C21H23BrN2O3S/c1-21-12-16(15-11-14(22)5-7-17(15)27-21)23-20(28)24(21)9-8-13-4-6-18(25-2)19(10-13)26-3/h4-7,10-11,16H,8-9,12H2,1-3H3,(H,23,28). The van der Waals surface area contributed by atoms with Crippen molar-refractivity contribution in [2.75, 3.05) is 20.8 Å². The minimum atomic E-state index is -0.468. The number of hydrogen-bond donors (Lipinski definition) is 1. The van der Waals surface area contributed by atoms with Gasteiger partial charge in [-0.1, -0.05) is 22.0 Å². The van der Waals surface area contributed by atoms with Crippen molar-refractivity contribution in [2.24, 2.45) is 0 Å². The maximum absolute atomic E-state index is 6.43. The summed E-state index contributed by atoms with van der Waals surface area (Å²) < 4.78 is 18.2. The van der Waals surface area contributed by atoms with E-state index in [-0.39, 0.29) is 6.04 Å². The second-order valence-corrected chi connectivity index (χ2v) is 8.56. The molecule has 1 fully saturated rings. The fourth-order valence-corrected chi connectivity index (χ4v) is 4.81. The molecule has 2 aromatic carbocycles. The van der Waals surface area contributed by atoms with Crippen molar-refractivity contribution in [3.05, 3.63) is 52.0 Å². The third-order valence-electron chi connectivity index (χ3n) is 5.45. The average Bonchev–Trinajstić information content (AvgIpc) is 2.67. The summed E-state index contributed by atoms with van der Waals surface area (Å²) in [5.41, 5.74) is 1.84. The van der Waals surface area contributed by atoms with Crippen LogP contribution in [0.25, 0.3) is 0 Å². The maximum Gasteiger partial charge on any atom is 0.184 e. The van der Waals surface area contributed by atoms with Gasteiger partial charge in [0.15, 0.2) is 22.3 Å². The highest BCUT2D eigenvalue weighted by molar-refractivity contribution is 9.10. The van der Waals surface area contributed by atoms with E-state index in [0.29, 0.717) is 0 Å². The summed E-state index contributed by atoms with van der Waals surface area (Å²) in [4.78, 5) is 2.15. The number of nitrogens with one attached hydrogen (secondary N) is 1. The van der Waals surface area contributed by atoms with E-state index in [1.54, 1.807) is 14.2 Å². The van der Waals surface area contributed by atoms with Gasteiger partial charge < -0.3 is 24.4 Å². The van der Waals surface area contributed by atoms with Crippen LogP contribution in [0, 0.1) is 0 Å². The molecule has 1 N–H and O–H groups in total. The zero-order valence-electron chi connectivity index (χ0n) is 16.1. The van der Waals surface area contributed by atoms with Gasteiger partial charge >= 0.3 is 0 Å². The van der Waals surface area contributed by atoms with Crippen LogP contribution >= 0.6 is 28.1 Å². The topological polar surface area (TPSA) is 43.0 Å². The van der Waals surface area contributed by atoms with E-state index < -0.39 is 5.72 Å². The SMILES string of the molecule is COc1ccc(CCN2C(=S)NC3CC2(C)Oc2ccc(Br)cc23)cc1OC. The summed E-state index contributed by atoms with van der Waals surface area (Å²) in [7, 11) is 3.29. The van der Waals surface area contributed by atoms with Gasteiger partial charge in [-0.2, -0.15) is 0 Å². The van der Waals surface area contributed by atoms with Crippen molar-refractivity contribution in [3.8, 4) is 17.2 Å². The van der Waals surface area contributed by atoms with Gasteiger partial charge in [0.2, 0.25) is 0 Å². The van der Waals surface area contributed by atoms with Gasteiger partial charge in [-0.25, -0.2) is 0 Å². The van der Waals surface area contributed by atoms with E-state index in [0.717, 1.165) is 57.3 Å². The second kappa shape index (κ2) is 7.44. The van der Waals surface area contributed by atoms with E-state index in [1.165, 1.54) is 0 Å². The molecular weight excluding hydrogens is 440 g/mol. The number of nitrogens with zero attached hydrogens (tertiary/aromatic N) is 1. The Balaban J connectivity index is 1.55. The molecule has 2 heterocycles.